The Labute approximate surface area is 179 Å². The zero-order valence-electron chi connectivity index (χ0n) is 15.6. The highest BCUT2D eigenvalue weighted by molar-refractivity contribution is 6.31. The van der Waals surface area contributed by atoms with Gasteiger partial charge in [0.1, 0.15) is 11.0 Å². The molecule has 4 rings (SSSR count). The number of nitrogens with zero attached hydrogens (tertiary/aromatic N) is 4. The van der Waals surface area contributed by atoms with Gasteiger partial charge in [0, 0.05) is 12.7 Å². The number of hydrogen-bond acceptors (Lipinski definition) is 6. The topological polar surface area (TPSA) is 75.3 Å². The van der Waals surface area contributed by atoms with Gasteiger partial charge < -0.3 is 9.63 Å². The first kappa shape index (κ1) is 21.6. The number of pyridine rings is 1. The van der Waals surface area contributed by atoms with E-state index in [1.807, 2.05) is 0 Å². The second-order valence-electron chi connectivity index (χ2n) is 7.02. The van der Waals surface area contributed by atoms with Crippen molar-refractivity contribution in [2.24, 2.45) is 0 Å². The van der Waals surface area contributed by atoms with Gasteiger partial charge in [-0.15, -0.1) is 12.4 Å². The summed E-state index contributed by atoms with van der Waals surface area (Å²) in [6.45, 7) is 1.96. The van der Waals surface area contributed by atoms with Gasteiger partial charge >= 0.3 is 0 Å². The summed E-state index contributed by atoms with van der Waals surface area (Å²) in [4.78, 5) is 10.6. The van der Waals surface area contributed by atoms with Crippen molar-refractivity contribution < 1.29 is 14.0 Å². The molecule has 0 amide bonds. The van der Waals surface area contributed by atoms with E-state index < -0.39 is 5.60 Å². The standard InChI is InChI=1S/C20H20ClFN4O2.ClH/c21-18-16(3-1-10-23-18)19-24-17(28-25-19)13-26-11-2-8-20(27,9-12-26)14-4-6-15(22)7-5-14;/h1,3-7,10,27H,2,8-9,11-13H2;1H. The van der Waals surface area contributed by atoms with Gasteiger partial charge in [0.2, 0.25) is 11.7 Å². The van der Waals surface area contributed by atoms with Crippen LogP contribution in [-0.4, -0.2) is 38.2 Å². The van der Waals surface area contributed by atoms with Crippen molar-refractivity contribution in [2.75, 3.05) is 13.1 Å². The molecule has 1 aliphatic heterocycles. The summed E-state index contributed by atoms with van der Waals surface area (Å²) in [6, 6.07) is 9.65. The molecule has 1 fully saturated rings. The molecule has 154 valence electrons. The third-order valence-electron chi connectivity index (χ3n) is 5.11. The van der Waals surface area contributed by atoms with Gasteiger partial charge in [0.25, 0.3) is 0 Å². The quantitative estimate of drug-likeness (QED) is 0.614. The first-order valence-electron chi connectivity index (χ1n) is 9.18. The maximum absolute atomic E-state index is 13.2. The maximum Gasteiger partial charge on any atom is 0.241 e. The number of rotatable bonds is 4. The smallest absolute Gasteiger partial charge is 0.241 e. The van der Waals surface area contributed by atoms with Crippen LogP contribution in [0.25, 0.3) is 11.4 Å². The van der Waals surface area contributed by atoms with E-state index in [0.717, 1.165) is 18.5 Å². The van der Waals surface area contributed by atoms with Gasteiger partial charge in [0.05, 0.1) is 17.7 Å². The van der Waals surface area contributed by atoms with E-state index in [2.05, 4.69) is 20.0 Å². The second-order valence-corrected chi connectivity index (χ2v) is 7.38. The van der Waals surface area contributed by atoms with Crippen molar-refractivity contribution >= 4 is 24.0 Å². The predicted molar refractivity (Wildman–Crippen MR) is 109 cm³/mol. The Morgan fingerprint density at radius 1 is 1.17 bits per heavy atom. The fourth-order valence-corrected chi connectivity index (χ4v) is 3.76. The molecule has 1 unspecified atom stereocenters. The average Bonchev–Trinajstić information content (AvgIpc) is 3.06. The molecule has 1 aromatic carbocycles. The number of likely N-dealkylation sites (tertiary alicyclic amines) is 1. The molecule has 1 aliphatic rings. The molecule has 29 heavy (non-hydrogen) atoms. The van der Waals surface area contributed by atoms with Crippen molar-refractivity contribution in [3.05, 3.63) is 65.0 Å². The van der Waals surface area contributed by atoms with Gasteiger partial charge in [-0.2, -0.15) is 4.98 Å². The van der Waals surface area contributed by atoms with Crippen LogP contribution < -0.4 is 0 Å². The van der Waals surface area contributed by atoms with Crippen molar-refractivity contribution in [3.8, 4) is 11.4 Å². The van der Waals surface area contributed by atoms with E-state index in [-0.39, 0.29) is 18.2 Å². The van der Waals surface area contributed by atoms with Crippen LogP contribution in [0.15, 0.2) is 47.1 Å². The molecule has 1 atom stereocenters. The average molecular weight is 439 g/mol. The molecule has 2 aromatic heterocycles. The van der Waals surface area contributed by atoms with Gasteiger partial charge in [-0.3, -0.25) is 4.90 Å². The molecule has 3 heterocycles. The van der Waals surface area contributed by atoms with Crippen LogP contribution in [0.3, 0.4) is 0 Å². The maximum atomic E-state index is 13.2. The Morgan fingerprint density at radius 3 is 2.72 bits per heavy atom. The highest BCUT2D eigenvalue weighted by Crippen LogP contribution is 2.33. The lowest BCUT2D eigenvalue weighted by Gasteiger charge is -2.27. The highest BCUT2D eigenvalue weighted by Gasteiger charge is 2.32. The van der Waals surface area contributed by atoms with E-state index in [9.17, 15) is 9.50 Å². The first-order valence-corrected chi connectivity index (χ1v) is 9.55. The molecule has 0 radical (unpaired) electrons. The molecule has 0 bridgehead atoms. The van der Waals surface area contributed by atoms with Crippen LogP contribution in [0, 0.1) is 5.82 Å². The van der Waals surface area contributed by atoms with E-state index >= 15 is 0 Å². The van der Waals surface area contributed by atoms with E-state index in [1.165, 1.54) is 12.1 Å². The molecule has 0 spiro atoms. The molecule has 0 saturated carbocycles. The van der Waals surface area contributed by atoms with Crippen molar-refractivity contribution in [3.63, 3.8) is 0 Å². The molecule has 1 N–H and O–H groups in total. The molecule has 0 aliphatic carbocycles. The van der Waals surface area contributed by atoms with E-state index in [0.29, 0.717) is 48.4 Å². The van der Waals surface area contributed by atoms with E-state index in [1.54, 1.807) is 30.5 Å². The van der Waals surface area contributed by atoms with Crippen LogP contribution in [0.2, 0.25) is 5.15 Å². The Kier molecular flexibility index (Phi) is 6.85. The number of halogens is 3. The molecule has 1 saturated heterocycles. The summed E-state index contributed by atoms with van der Waals surface area (Å²) in [5.41, 5.74) is 0.425. The fraction of sp³-hybridized carbons (Fsp3) is 0.350. The number of aromatic nitrogens is 3. The van der Waals surface area contributed by atoms with Crippen molar-refractivity contribution in [1.29, 1.82) is 0 Å². The fourth-order valence-electron chi connectivity index (χ4n) is 3.55. The van der Waals surface area contributed by atoms with Crippen LogP contribution in [-0.2, 0) is 12.1 Å². The van der Waals surface area contributed by atoms with Gasteiger partial charge in [-0.1, -0.05) is 28.9 Å². The third-order valence-corrected chi connectivity index (χ3v) is 5.42. The SMILES string of the molecule is Cl.OC1(c2ccc(F)cc2)CCCN(Cc2nc(-c3cccnc3Cl)no2)CC1. The summed E-state index contributed by atoms with van der Waals surface area (Å²) in [6.07, 6.45) is 3.58. The summed E-state index contributed by atoms with van der Waals surface area (Å²) < 4.78 is 18.6. The number of benzene rings is 1. The van der Waals surface area contributed by atoms with Crippen LogP contribution in [0.4, 0.5) is 4.39 Å². The Hall–Kier alpha value is -2.06. The molecular weight excluding hydrogens is 418 g/mol. The summed E-state index contributed by atoms with van der Waals surface area (Å²) >= 11 is 6.09. The largest absolute Gasteiger partial charge is 0.385 e. The predicted octanol–water partition coefficient (Wildman–Crippen LogP) is 4.22. The van der Waals surface area contributed by atoms with Crippen molar-refractivity contribution in [1.82, 2.24) is 20.0 Å². The lowest BCUT2D eigenvalue weighted by molar-refractivity contribution is 0.0207. The number of aliphatic hydroxyl groups is 1. The van der Waals surface area contributed by atoms with Crippen molar-refractivity contribution in [2.45, 2.75) is 31.4 Å². The minimum Gasteiger partial charge on any atom is -0.385 e. The first-order chi connectivity index (χ1) is 13.5. The summed E-state index contributed by atoms with van der Waals surface area (Å²) in [5.74, 6) is 0.594. The summed E-state index contributed by atoms with van der Waals surface area (Å²) in [5, 5.41) is 15.4. The zero-order valence-corrected chi connectivity index (χ0v) is 17.2. The minimum absolute atomic E-state index is 0. The zero-order chi connectivity index (χ0) is 19.6. The van der Waals surface area contributed by atoms with Gasteiger partial charge in [0.15, 0.2) is 0 Å². The lowest BCUT2D eigenvalue weighted by Crippen LogP contribution is -2.29. The normalized spacial score (nSPS) is 20.1. The Balaban J connectivity index is 0.00000240. The molecular formula is C20H21Cl2FN4O2. The Bertz CT molecular complexity index is 954. The Morgan fingerprint density at radius 2 is 1.97 bits per heavy atom. The second kappa shape index (κ2) is 9.17. The molecule has 9 heteroatoms. The van der Waals surface area contributed by atoms with E-state index in [4.69, 9.17) is 16.1 Å². The summed E-state index contributed by atoms with van der Waals surface area (Å²) in [7, 11) is 0. The van der Waals surface area contributed by atoms with Crippen LogP contribution >= 0.6 is 24.0 Å². The molecule has 6 nitrogen and oxygen atoms in total. The monoisotopic (exact) mass is 438 g/mol. The highest BCUT2D eigenvalue weighted by atomic mass is 35.5. The molecule has 3 aromatic rings. The number of hydrogen-bond donors (Lipinski definition) is 1. The van der Waals surface area contributed by atoms with Crippen LogP contribution in [0.5, 0.6) is 0 Å². The van der Waals surface area contributed by atoms with Gasteiger partial charge in [-0.05, 0) is 55.6 Å². The van der Waals surface area contributed by atoms with Gasteiger partial charge in [-0.25, -0.2) is 9.37 Å². The van der Waals surface area contributed by atoms with Crippen LogP contribution in [0.1, 0.15) is 30.7 Å². The minimum atomic E-state index is -0.953. The third kappa shape index (κ3) is 4.93. The lowest BCUT2D eigenvalue weighted by atomic mass is 9.87.